The third-order valence-electron chi connectivity index (χ3n) is 8.41. The summed E-state index contributed by atoms with van der Waals surface area (Å²) < 4.78 is 12.6. The van der Waals surface area contributed by atoms with Crippen LogP contribution in [0.1, 0.15) is 26.7 Å². The first kappa shape index (κ1) is 32.5. The number of allylic oxidation sites excluding steroid dienone is 1. The molecule has 3 heterocycles. The molecule has 0 atom stereocenters. The molecule has 5 rings (SSSR count). The number of carbonyl (C=O) groups excluding carboxylic acids is 1. The molecule has 2 aromatic heterocycles. The number of fused-ring (bicyclic) bond motifs is 1. The Kier molecular flexibility index (Phi) is 9.58. The van der Waals surface area contributed by atoms with Gasteiger partial charge in [-0.05, 0) is 24.8 Å². The largest absolute Gasteiger partial charge is 0.495 e. The van der Waals surface area contributed by atoms with Crippen molar-refractivity contribution in [3.63, 3.8) is 0 Å². The smallest absolute Gasteiger partial charge is 0.264 e. The number of hydrogen-bond donors (Lipinski definition) is 1. The SMILES string of the molecule is CNc1ncc2cc(-c3c(Cl)c(OC)cc(OC)c3Cl)c(=O)n(CC3(CN4CCN(C(=O)/C(C#N)=C\C(C)C)CC4)CC3)c2n1. The van der Waals surface area contributed by atoms with Gasteiger partial charge in [-0.15, -0.1) is 0 Å². The van der Waals surface area contributed by atoms with E-state index in [-0.39, 0.29) is 38.4 Å². The van der Waals surface area contributed by atoms with E-state index in [4.69, 9.17) is 32.7 Å². The molecular formula is C32H37Cl2N7O4. The maximum absolute atomic E-state index is 14.4. The number of nitriles is 1. The van der Waals surface area contributed by atoms with Crippen molar-refractivity contribution in [3.8, 4) is 28.7 Å². The number of methoxy groups -OCH3 is 2. The van der Waals surface area contributed by atoms with Gasteiger partial charge < -0.3 is 19.7 Å². The van der Waals surface area contributed by atoms with Gasteiger partial charge in [-0.3, -0.25) is 19.1 Å². The Morgan fingerprint density at radius 1 is 1.11 bits per heavy atom. The van der Waals surface area contributed by atoms with Crippen molar-refractivity contribution in [2.45, 2.75) is 33.2 Å². The molecule has 1 aliphatic carbocycles. The summed E-state index contributed by atoms with van der Waals surface area (Å²) in [6.07, 6.45) is 5.28. The molecule has 1 saturated carbocycles. The van der Waals surface area contributed by atoms with Crippen LogP contribution in [0.3, 0.4) is 0 Å². The summed E-state index contributed by atoms with van der Waals surface area (Å²) in [6.45, 7) is 7.54. The van der Waals surface area contributed by atoms with Crippen LogP contribution in [-0.2, 0) is 11.3 Å². The van der Waals surface area contributed by atoms with Gasteiger partial charge in [0.2, 0.25) is 5.95 Å². The zero-order valence-electron chi connectivity index (χ0n) is 26.1. The molecule has 1 N–H and O–H groups in total. The fourth-order valence-corrected chi connectivity index (χ4v) is 6.55. The van der Waals surface area contributed by atoms with E-state index in [1.165, 1.54) is 14.2 Å². The molecule has 2 aliphatic rings. The highest BCUT2D eigenvalue weighted by Gasteiger charge is 2.45. The third kappa shape index (κ3) is 6.59. The zero-order chi connectivity index (χ0) is 32.5. The molecule has 3 aromatic rings. The van der Waals surface area contributed by atoms with Gasteiger partial charge in [0, 0.05) is 74.9 Å². The van der Waals surface area contributed by atoms with E-state index < -0.39 is 0 Å². The van der Waals surface area contributed by atoms with E-state index in [0.717, 1.165) is 19.4 Å². The van der Waals surface area contributed by atoms with Crippen molar-refractivity contribution in [1.29, 1.82) is 5.26 Å². The number of amides is 1. The van der Waals surface area contributed by atoms with Gasteiger partial charge in [0.1, 0.15) is 28.8 Å². The molecule has 1 aliphatic heterocycles. The standard InChI is InChI=1S/C32H37Cl2N7O4/c1-19(2)12-20(15-35)29(42)40-10-8-39(9-11-40)17-32(6-7-32)18-41-28-21(16-37-31(36-3)38-28)13-22(30(41)43)25-26(33)23(44-4)14-24(45-5)27(25)34/h12-14,16,19H,6-11,17-18H2,1-5H3,(H,36,37,38)/b20-12-. The number of carbonyl (C=O) groups is 1. The number of piperazine rings is 1. The predicted octanol–water partition coefficient (Wildman–Crippen LogP) is 4.85. The van der Waals surface area contributed by atoms with Gasteiger partial charge in [-0.25, -0.2) is 4.98 Å². The maximum Gasteiger partial charge on any atom is 0.264 e. The number of anilines is 1. The Balaban J connectivity index is 1.47. The number of rotatable bonds is 10. The minimum atomic E-state index is -0.287. The molecule has 13 heteroatoms. The Labute approximate surface area is 272 Å². The average molecular weight is 655 g/mol. The van der Waals surface area contributed by atoms with Crippen molar-refractivity contribution >= 4 is 46.1 Å². The molecule has 0 spiro atoms. The summed E-state index contributed by atoms with van der Waals surface area (Å²) in [6, 6.07) is 5.35. The molecule has 0 bridgehead atoms. The Hall–Kier alpha value is -3.85. The van der Waals surface area contributed by atoms with Crippen LogP contribution in [0.4, 0.5) is 5.95 Å². The maximum atomic E-state index is 14.4. The predicted molar refractivity (Wildman–Crippen MR) is 175 cm³/mol. The van der Waals surface area contributed by atoms with Crippen LogP contribution in [-0.4, -0.2) is 84.2 Å². The summed E-state index contributed by atoms with van der Waals surface area (Å²) in [5, 5.41) is 13.5. The van der Waals surface area contributed by atoms with Crippen LogP contribution < -0.4 is 20.3 Å². The van der Waals surface area contributed by atoms with E-state index in [0.29, 0.717) is 72.3 Å². The fraction of sp³-hybridized carbons (Fsp3) is 0.469. The van der Waals surface area contributed by atoms with Gasteiger partial charge in [-0.1, -0.05) is 43.1 Å². The second kappa shape index (κ2) is 13.3. The van der Waals surface area contributed by atoms with Gasteiger partial charge in [0.25, 0.3) is 11.5 Å². The minimum absolute atomic E-state index is 0.116. The molecule has 1 amide bonds. The molecule has 0 unspecified atom stereocenters. The van der Waals surface area contributed by atoms with Crippen molar-refractivity contribution in [2.75, 3.05) is 59.3 Å². The number of nitrogens with one attached hydrogen (secondary N) is 1. The highest BCUT2D eigenvalue weighted by molar-refractivity contribution is 6.41. The number of nitrogens with zero attached hydrogens (tertiary/aromatic N) is 6. The summed E-state index contributed by atoms with van der Waals surface area (Å²) in [5.41, 5.74) is 0.877. The molecule has 45 heavy (non-hydrogen) atoms. The number of halogens is 2. The van der Waals surface area contributed by atoms with Crippen molar-refractivity contribution in [3.05, 3.63) is 50.4 Å². The number of benzene rings is 1. The summed E-state index contributed by atoms with van der Waals surface area (Å²) in [4.78, 5) is 40.4. The quantitative estimate of drug-likeness (QED) is 0.241. The van der Waals surface area contributed by atoms with E-state index in [1.54, 1.807) is 40.9 Å². The number of hydrogen-bond acceptors (Lipinski definition) is 9. The van der Waals surface area contributed by atoms with Crippen molar-refractivity contribution in [1.82, 2.24) is 24.3 Å². The van der Waals surface area contributed by atoms with E-state index in [2.05, 4.69) is 26.3 Å². The lowest BCUT2D eigenvalue weighted by Gasteiger charge is -2.36. The molecule has 1 saturated heterocycles. The van der Waals surface area contributed by atoms with Gasteiger partial charge in [0.15, 0.2) is 0 Å². The number of ether oxygens (including phenoxy) is 2. The van der Waals surface area contributed by atoms with Crippen molar-refractivity contribution < 1.29 is 14.3 Å². The second-order valence-corrected chi connectivity index (χ2v) is 12.7. The van der Waals surface area contributed by atoms with E-state index in [1.807, 2.05) is 13.8 Å². The van der Waals surface area contributed by atoms with Crippen LogP contribution in [0.15, 0.2) is 34.8 Å². The highest BCUT2D eigenvalue weighted by atomic mass is 35.5. The lowest BCUT2D eigenvalue weighted by Crippen LogP contribution is -2.50. The second-order valence-electron chi connectivity index (χ2n) is 12.0. The first-order valence-electron chi connectivity index (χ1n) is 14.9. The topological polar surface area (TPSA) is 126 Å². The molecular weight excluding hydrogens is 617 g/mol. The van der Waals surface area contributed by atoms with E-state index in [9.17, 15) is 14.9 Å². The van der Waals surface area contributed by atoms with Crippen LogP contribution in [0, 0.1) is 22.7 Å². The molecule has 0 radical (unpaired) electrons. The summed E-state index contributed by atoms with van der Waals surface area (Å²) in [7, 11) is 4.70. The zero-order valence-corrected chi connectivity index (χ0v) is 27.6. The first-order valence-corrected chi connectivity index (χ1v) is 15.6. The van der Waals surface area contributed by atoms with Crippen LogP contribution in [0.25, 0.3) is 22.2 Å². The number of pyridine rings is 1. The molecule has 2 fully saturated rings. The lowest BCUT2D eigenvalue weighted by atomic mass is 10.0. The fourth-order valence-electron chi connectivity index (χ4n) is 5.85. The summed E-state index contributed by atoms with van der Waals surface area (Å²) in [5.74, 6) is 0.965. The Morgan fingerprint density at radius 3 is 2.29 bits per heavy atom. The Bertz CT molecular complexity index is 1720. The molecule has 1 aromatic carbocycles. The molecule has 238 valence electrons. The third-order valence-corrected chi connectivity index (χ3v) is 9.16. The monoisotopic (exact) mass is 653 g/mol. The van der Waals surface area contributed by atoms with Crippen molar-refractivity contribution in [2.24, 2.45) is 11.3 Å². The van der Waals surface area contributed by atoms with Crippen LogP contribution in [0.5, 0.6) is 11.5 Å². The first-order chi connectivity index (χ1) is 21.5. The van der Waals surface area contributed by atoms with Gasteiger partial charge in [0.05, 0.1) is 29.8 Å². The lowest BCUT2D eigenvalue weighted by molar-refractivity contribution is -0.128. The summed E-state index contributed by atoms with van der Waals surface area (Å²) >= 11 is 13.5. The van der Waals surface area contributed by atoms with Crippen LogP contribution in [0.2, 0.25) is 10.0 Å². The van der Waals surface area contributed by atoms with Gasteiger partial charge >= 0.3 is 0 Å². The van der Waals surface area contributed by atoms with Crippen LogP contribution >= 0.6 is 23.2 Å². The average Bonchev–Trinajstić information content (AvgIpc) is 3.80. The minimum Gasteiger partial charge on any atom is -0.495 e. The number of aromatic nitrogens is 3. The van der Waals surface area contributed by atoms with E-state index >= 15 is 0 Å². The highest BCUT2D eigenvalue weighted by Crippen LogP contribution is 2.49. The normalized spacial score (nSPS) is 16.5. The Morgan fingerprint density at radius 2 is 1.76 bits per heavy atom. The molecule has 11 nitrogen and oxygen atoms in total. The van der Waals surface area contributed by atoms with Gasteiger partial charge in [-0.2, -0.15) is 10.2 Å².